The Balaban J connectivity index is 2.84. The van der Waals surface area contributed by atoms with Crippen molar-refractivity contribution in [2.75, 3.05) is 6.54 Å². The van der Waals surface area contributed by atoms with Crippen molar-refractivity contribution in [2.45, 2.75) is 19.9 Å². The van der Waals surface area contributed by atoms with Crippen molar-refractivity contribution < 1.29 is 19.1 Å². The van der Waals surface area contributed by atoms with Crippen LogP contribution in [0.5, 0.6) is 0 Å². The lowest BCUT2D eigenvalue weighted by atomic mass is 10.1. The first-order valence-electron chi connectivity index (χ1n) is 5.66. The molecule has 0 aliphatic carbocycles. The van der Waals surface area contributed by atoms with E-state index < -0.39 is 24.1 Å². The molecular weight excluding hydrogens is 251 g/mol. The number of halogens is 1. The number of carboxylic acids is 1. The molecule has 19 heavy (non-hydrogen) atoms. The highest BCUT2D eigenvalue weighted by Crippen LogP contribution is 2.13. The fourth-order valence-corrected chi connectivity index (χ4v) is 1.57. The second kappa shape index (κ2) is 6.50. The van der Waals surface area contributed by atoms with Crippen LogP contribution in [0.25, 0.3) is 0 Å². The molecule has 100 valence electrons. The second-order valence-electron chi connectivity index (χ2n) is 3.90. The molecule has 0 heterocycles. The summed E-state index contributed by atoms with van der Waals surface area (Å²) >= 11 is 0. The number of carbonyl (C=O) groups is 2. The number of rotatable bonds is 5. The van der Waals surface area contributed by atoms with Crippen molar-refractivity contribution in [3.63, 3.8) is 0 Å². The van der Waals surface area contributed by atoms with E-state index in [1.165, 1.54) is 17.0 Å². The van der Waals surface area contributed by atoms with Crippen molar-refractivity contribution in [2.24, 2.45) is 0 Å². The van der Waals surface area contributed by atoms with Crippen LogP contribution < -0.4 is 0 Å². The molecular formula is C13H13FN2O3. The third-order valence-electron chi connectivity index (χ3n) is 2.58. The van der Waals surface area contributed by atoms with E-state index in [9.17, 15) is 14.0 Å². The topological polar surface area (TPSA) is 81.4 Å². The highest BCUT2D eigenvalue weighted by molar-refractivity contribution is 5.93. The van der Waals surface area contributed by atoms with Gasteiger partial charge in [0.1, 0.15) is 12.2 Å². The average molecular weight is 264 g/mol. The van der Waals surface area contributed by atoms with E-state index in [1.807, 2.05) is 6.07 Å². The minimum Gasteiger partial charge on any atom is -0.481 e. The zero-order chi connectivity index (χ0) is 14.4. The van der Waals surface area contributed by atoms with E-state index in [0.717, 1.165) is 6.07 Å². The van der Waals surface area contributed by atoms with Crippen molar-refractivity contribution in [1.29, 1.82) is 5.26 Å². The fourth-order valence-electron chi connectivity index (χ4n) is 1.57. The van der Waals surface area contributed by atoms with E-state index in [4.69, 9.17) is 10.4 Å². The van der Waals surface area contributed by atoms with E-state index in [2.05, 4.69) is 0 Å². The summed E-state index contributed by atoms with van der Waals surface area (Å²) in [4.78, 5) is 23.3. The fraction of sp³-hybridized carbons (Fsp3) is 0.308. The SMILES string of the molecule is CCN(Cc1ccc(C#N)cc1F)C(=O)CC(=O)O. The number of hydrogen-bond acceptors (Lipinski definition) is 3. The third kappa shape index (κ3) is 4.07. The average Bonchev–Trinajstić information content (AvgIpc) is 2.36. The molecule has 0 bridgehead atoms. The summed E-state index contributed by atoms with van der Waals surface area (Å²) in [6, 6.07) is 5.77. The molecule has 1 aromatic rings. The van der Waals surface area contributed by atoms with Gasteiger partial charge in [0.05, 0.1) is 11.6 Å². The zero-order valence-corrected chi connectivity index (χ0v) is 10.4. The first-order chi connectivity index (χ1) is 8.97. The first kappa shape index (κ1) is 14.6. The van der Waals surface area contributed by atoms with Crippen LogP contribution in [0.15, 0.2) is 18.2 Å². The van der Waals surface area contributed by atoms with Gasteiger partial charge in [0.15, 0.2) is 0 Å². The molecule has 6 heteroatoms. The van der Waals surface area contributed by atoms with Crippen LogP contribution in [-0.2, 0) is 16.1 Å². The predicted octanol–water partition coefficient (Wildman–Crippen LogP) is 1.52. The normalized spacial score (nSPS) is 9.74. The summed E-state index contributed by atoms with van der Waals surface area (Å²) < 4.78 is 13.7. The van der Waals surface area contributed by atoms with E-state index in [-0.39, 0.29) is 24.2 Å². The number of nitriles is 1. The number of nitrogens with zero attached hydrogens (tertiary/aromatic N) is 2. The largest absolute Gasteiger partial charge is 0.481 e. The molecule has 0 saturated carbocycles. The van der Waals surface area contributed by atoms with E-state index in [0.29, 0.717) is 0 Å². The molecule has 1 rings (SSSR count). The number of carboxylic acid groups (broad SMARTS) is 1. The summed E-state index contributed by atoms with van der Waals surface area (Å²) in [5.74, 6) is -2.37. The van der Waals surface area contributed by atoms with Gasteiger partial charge in [-0.05, 0) is 19.1 Å². The predicted molar refractivity (Wildman–Crippen MR) is 64.5 cm³/mol. The van der Waals surface area contributed by atoms with Crippen molar-refractivity contribution in [3.05, 3.63) is 35.1 Å². The van der Waals surface area contributed by atoms with Gasteiger partial charge in [-0.25, -0.2) is 4.39 Å². The van der Waals surface area contributed by atoms with Crippen LogP contribution in [0.3, 0.4) is 0 Å². The molecule has 0 fully saturated rings. The minimum absolute atomic E-state index is 0.0137. The molecule has 0 spiro atoms. The van der Waals surface area contributed by atoms with Gasteiger partial charge in [-0.1, -0.05) is 6.07 Å². The molecule has 0 atom stereocenters. The monoisotopic (exact) mass is 264 g/mol. The van der Waals surface area contributed by atoms with Crippen LogP contribution in [0.4, 0.5) is 4.39 Å². The molecule has 1 N–H and O–H groups in total. The maximum absolute atomic E-state index is 13.7. The number of hydrogen-bond donors (Lipinski definition) is 1. The summed E-state index contributed by atoms with van der Waals surface area (Å²) in [5.41, 5.74) is 0.445. The van der Waals surface area contributed by atoms with Crippen molar-refractivity contribution in [3.8, 4) is 6.07 Å². The highest BCUT2D eigenvalue weighted by Gasteiger charge is 2.17. The van der Waals surface area contributed by atoms with Gasteiger partial charge in [-0.2, -0.15) is 5.26 Å². The Hall–Kier alpha value is -2.42. The Morgan fingerprint density at radius 2 is 2.16 bits per heavy atom. The Kier molecular flexibility index (Phi) is 5.01. The van der Waals surface area contributed by atoms with Gasteiger partial charge in [-0.3, -0.25) is 9.59 Å². The summed E-state index contributed by atoms with van der Waals surface area (Å²) in [6.07, 6.45) is -0.619. The van der Waals surface area contributed by atoms with E-state index >= 15 is 0 Å². The Bertz CT molecular complexity index is 537. The maximum atomic E-state index is 13.7. The first-order valence-corrected chi connectivity index (χ1v) is 5.66. The summed E-state index contributed by atoms with van der Waals surface area (Å²) in [5, 5.41) is 17.2. The van der Waals surface area contributed by atoms with Crippen molar-refractivity contribution in [1.82, 2.24) is 4.90 Å². The van der Waals surface area contributed by atoms with Crippen LogP contribution in [0, 0.1) is 17.1 Å². The summed E-state index contributed by atoms with van der Waals surface area (Å²) in [6.45, 7) is 1.95. The van der Waals surface area contributed by atoms with Crippen LogP contribution in [0.1, 0.15) is 24.5 Å². The van der Waals surface area contributed by atoms with Crippen molar-refractivity contribution >= 4 is 11.9 Å². The lowest BCUT2D eigenvalue weighted by Crippen LogP contribution is -2.32. The standard InChI is InChI=1S/C13H13FN2O3/c1-2-16(12(17)6-13(18)19)8-10-4-3-9(7-15)5-11(10)14/h3-5H,2,6,8H2,1H3,(H,18,19). The Labute approximate surface area is 109 Å². The number of carbonyl (C=O) groups excluding carboxylic acids is 1. The molecule has 0 aliphatic rings. The number of amides is 1. The zero-order valence-electron chi connectivity index (χ0n) is 10.4. The maximum Gasteiger partial charge on any atom is 0.312 e. The minimum atomic E-state index is -1.22. The van der Waals surface area contributed by atoms with Gasteiger partial charge in [0.2, 0.25) is 5.91 Å². The molecule has 0 radical (unpaired) electrons. The molecule has 1 aromatic carbocycles. The number of benzene rings is 1. The van der Waals surface area contributed by atoms with Gasteiger partial charge in [0, 0.05) is 18.7 Å². The molecule has 0 aliphatic heterocycles. The summed E-state index contributed by atoms with van der Waals surface area (Å²) in [7, 11) is 0. The lowest BCUT2D eigenvalue weighted by molar-refractivity contribution is -0.144. The van der Waals surface area contributed by atoms with Gasteiger partial charge < -0.3 is 10.0 Å². The molecule has 0 aromatic heterocycles. The molecule has 0 saturated heterocycles. The van der Waals surface area contributed by atoms with Gasteiger partial charge in [0.25, 0.3) is 0 Å². The molecule has 5 nitrogen and oxygen atoms in total. The third-order valence-corrected chi connectivity index (χ3v) is 2.58. The molecule has 1 amide bonds. The smallest absolute Gasteiger partial charge is 0.312 e. The van der Waals surface area contributed by atoms with Gasteiger partial charge >= 0.3 is 5.97 Å². The Morgan fingerprint density at radius 3 is 2.63 bits per heavy atom. The highest BCUT2D eigenvalue weighted by atomic mass is 19.1. The Morgan fingerprint density at radius 1 is 1.47 bits per heavy atom. The van der Waals surface area contributed by atoms with Gasteiger partial charge in [-0.15, -0.1) is 0 Å². The van der Waals surface area contributed by atoms with Crippen LogP contribution in [-0.4, -0.2) is 28.4 Å². The van der Waals surface area contributed by atoms with Crippen LogP contribution in [0.2, 0.25) is 0 Å². The second-order valence-corrected chi connectivity index (χ2v) is 3.90. The quantitative estimate of drug-likeness (QED) is 0.817. The molecule has 0 unspecified atom stereocenters. The number of aliphatic carboxylic acids is 1. The van der Waals surface area contributed by atoms with E-state index in [1.54, 1.807) is 6.92 Å². The lowest BCUT2D eigenvalue weighted by Gasteiger charge is -2.20. The van der Waals surface area contributed by atoms with Crippen LogP contribution >= 0.6 is 0 Å².